The molecule has 7 nitrogen and oxygen atoms in total. The van der Waals surface area contributed by atoms with Crippen molar-refractivity contribution < 1.29 is 26.7 Å². The molecular formula is C15H10F4N4O3. The number of ether oxygens (including phenoxy) is 1. The lowest BCUT2D eigenvalue weighted by molar-refractivity contribution is -0.0528. The van der Waals surface area contributed by atoms with Gasteiger partial charge in [0.25, 0.3) is 11.4 Å². The average Bonchev–Trinajstić information content (AvgIpc) is 3.07. The van der Waals surface area contributed by atoms with E-state index in [9.17, 15) is 22.4 Å². The molecule has 0 aliphatic heterocycles. The molecule has 3 rings (SSSR count). The van der Waals surface area contributed by atoms with E-state index in [2.05, 4.69) is 19.9 Å². The number of nitrogens with zero attached hydrogens (tertiary/aromatic N) is 4. The summed E-state index contributed by atoms with van der Waals surface area (Å²) < 4.78 is 59.6. The van der Waals surface area contributed by atoms with E-state index in [1.54, 1.807) is 0 Å². The van der Waals surface area contributed by atoms with Crippen LogP contribution in [-0.2, 0) is 6.54 Å². The highest BCUT2D eigenvalue weighted by Crippen LogP contribution is 2.22. The lowest BCUT2D eigenvalue weighted by atomic mass is 10.2. The van der Waals surface area contributed by atoms with Crippen molar-refractivity contribution in [2.45, 2.75) is 19.6 Å². The quantitative estimate of drug-likeness (QED) is 0.621. The van der Waals surface area contributed by atoms with Crippen molar-refractivity contribution in [2.75, 3.05) is 0 Å². The molecule has 0 radical (unpaired) electrons. The van der Waals surface area contributed by atoms with E-state index >= 15 is 0 Å². The minimum atomic E-state index is -3.01. The van der Waals surface area contributed by atoms with Gasteiger partial charge in [-0.15, -0.1) is 10.2 Å². The van der Waals surface area contributed by atoms with Crippen LogP contribution in [0.25, 0.3) is 11.5 Å². The molecule has 3 heterocycles. The first-order chi connectivity index (χ1) is 12.4. The molecule has 0 aliphatic rings. The number of hydrogen-bond donors (Lipinski definition) is 0. The van der Waals surface area contributed by atoms with Crippen molar-refractivity contribution in [1.82, 2.24) is 19.7 Å². The molecule has 0 saturated heterocycles. The second-order valence-corrected chi connectivity index (χ2v) is 5.01. The second-order valence-electron chi connectivity index (χ2n) is 5.01. The Morgan fingerprint density at radius 2 is 1.96 bits per heavy atom. The topological polar surface area (TPSA) is 83.0 Å². The molecule has 0 saturated carbocycles. The number of rotatable bonds is 6. The Bertz CT molecular complexity index is 958. The lowest BCUT2D eigenvalue weighted by Gasteiger charge is -2.08. The van der Waals surface area contributed by atoms with Crippen LogP contribution in [0.2, 0.25) is 0 Å². The Hall–Kier alpha value is -3.24. The first kappa shape index (κ1) is 17.6. The molecule has 3 aromatic rings. The van der Waals surface area contributed by atoms with E-state index in [0.717, 1.165) is 6.07 Å². The summed E-state index contributed by atoms with van der Waals surface area (Å²) in [6.45, 7) is -2.94. The van der Waals surface area contributed by atoms with Crippen LogP contribution >= 0.6 is 0 Å². The number of alkyl halides is 4. The average molecular weight is 370 g/mol. The summed E-state index contributed by atoms with van der Waals surface area (Å²) in [6.07, 6.45) is -0.248. The summed E-state index contributed by atoms with van der Waals surface area (Å²) in [4.78, 5) is 15.8. The highest BCUT2D eigenvalue weighted by atomic mass is 19.3. The predicted molar refractivity (Wildman–Crippen MR) is 78.9 cm³/mol. The van der Waals surface area contributed by atoms with Crippen LogP contribution in [0.4, 0.5) is 17.6 Å². The molecule has 136 valence electrons. The van der Waals surface area contributed by atoms with Crippen LogP contribution in [0.15, 0.2) is 45.9 Å². The monoisotopic (exact) mass is 370 g/mol. The van der Waals surface area contributed by atoms with Crippen LogP contribution in [0, 0.1) is 0 Å². The third-order valence-electron chi connectivity index (χ3n) is 3.23. The van der Waals surface area contributed by atoms with Gasteiger partial charge in [-0.2, -0.15) is 17.6 Å². The highest BCUT2D eigenvalue weighted by Gasteiger charge is 2.17. The molecule has 0 atom stereocenters. The van der Waals surface area contributed by atoms with Crippen molar-refractivity contribution in [3.05, 3.63) is 58.5 Å². The molecule has 11 heteroatoms. The fourth-order valence-corrected chi connectivity index (χ4v) is 2.11. The van der Waals surface area contributed by atoms with Gasteiger partial charge in [0.15, 0.2) is 0 Å². The molecule has 0 aromatic carbocycles. The fraction of sp³-hybridized carbons (Fsp3) is 0.200. The van der Waals surface area contributed by atoms with Crippen molar-refractivity contribution in [3.8, 4) is 17.3 Å². The van der Waals surface area contributed by atoms with Crippen LogP contribution in [0.1, 0.15) is 17.9 Å². The minimum Gasteiger partial charge on any atom is -0.417 e. The summed E-state index contributed by atoms with van der Waals surface area (Å²) >= 11 is 0. The standard InChI is InChI=1S/C15H10F4N4O3/c16-12(17)14-22-21-13(26-14)9-2-4-23(11(24)6-9)7-8-1-3-20-10(5-8)25-15(18)19/h1-6,12,15H,7H2. The maximum atomic E-state index is 12.5. The predicted octanol–water partition coefficient (Wildman–Crippen LogP) is 2.88. The van der Waals surface area contributed by atoms with Crippen molar-refractivity contribution >= 4 is 0 Å². The van der Waals surface area contributed by atoms with E-state index < -0.39 is 24.5 Å². The Morgan fingerprint density at radius 3 is 2.62 bits per heavy atom. The first-order valence-electron chi connectivity index (χ1n) is 7.14. The summed E-state index contributed by atoms with van der Waals surface area (Å²) in [5, 5.41) is 6.65. The van der Waals surface area contributed by atoms with Gasteiger partial charge in [-0.05, 0) is 17.7 Å². The normalized spacial score (nSPS) is 11.3. The molecule has 0 N–H and O–H groups in total. The summed E-state index contributed by atoms with van der Waals surface area (Å²) in [5.74, 6) is -1.32. The number of aromatic nitrogens is 4. The molecule has 0 unspecified atom stereocenters. The van der Waals surface area contributed by atoms with Gasteiger partial charge in [0.05, 0.1) is 6.54 Å². The maximum Gasteiger partial charge on any atom is 0.388 e. The lowest BCUT2D eigenvalue weighted by Crippen LogP contribution is -2.19. The summed E-state index contributed by atoms with van der Waals surface area (Å²) in [7, 11) is 0. The SMILES string of the molecule is O=c1cc(-c2nnc(C(F)F)o2)ccn1Cc1ccnc(OC(F)F)c1. The summed E-state index contributed by atoms with van der Waals surface area (Å²) in [5.41, 5.74) is 0.206. The van der Waals surface area contributed by atoms with Crippen LogP contribution in [-0.4, -0.2) is 26.4 Å². The van der Waals surface area contributed by atoms with Gasteiger partial charge < -0.3 is 13.7 Å². The Kier molecular flexibility index (Phi) is 4.96. The van der Waals surface area contributed by atoms with Crippen molar-refractivity contribution in [1.29, 1.82) is 0 Å². The van der Waals surface area contributed by atoms with Crippen LogP contribution < -0.4 is 10.3 Å². The van der Waals surface area contributed by atoms with Gasteiger partial charge in [-0.25, -0.2) is 4.98 Å². The third-order valence-corrected chi connectivity index (χ3v) is 3.23. The second kappa shape index (κ2) is 7.33. The van der Waals surface area contributed by atoms with Crippen LogP contribution in [0.3, 0.4) is 0 Å². The molecule has 0 bridgehead atoms. The third kappa shape index (κ3) is 4.05. The van der Waals surface area contributed by atoms with E-state index in [4.69, 9.17) is 4.42 Å². The van der Waals surface area contributed by atoms with Crippen molar-refractivity contribution in [3.63, 3.8) is 0 Å². The Morgan fingerprint density at radius 1 is 1.15 bits per heavy atom. The molecule has 0 fully saturated rings. The minimum absolute atomic E-state index is 0.0628. The smallest absolute Gasteiger partial charge is 0.388 e. The maximum absolute atomic E-state index is 12.5. The van der Waals surface area contributed by atoms with Gasteiger partial charge in [0.2, 0.25) is 11.8 Å². The van der Waals surface area contributed by atoms with Gasteiger partial charge in [-0.3, -0.25) is 4.79 Å². The zero-order valence-electron chi connectivity index (χ0n) is 12.9. The molecule has 0 amide bonds. The van der Waals surface area contributed by atoms with E-state index in [1.807, 2.05) is 0 Å². The molecule has 26 heavy (non-hydrogen) atoms. The van der Waals surface area contributed by atoms with Gasteiger partial charge >= 0.3 is 13.0 Å². The Labute approximate surface area is 142 Å². The van der Waals surface area contributed by atoms with Crippen LogP contribution in [0.5, 0.6) is 5.88 Å². The van der Waals surface area contributed by atoms with E-state index in [1.165, 1.54) is 35.2 Å². The number of halogens is 4. The van der Waals surface area contributed by atoms with Gasteiger partial charge in [-0.1, -0.05) is 0 Å². The Balaban J connectivity index is 1.81. The van der Waals surface area contributed by atoms with Crippen molar-refractivity contribution in [2.24, 2.45) is 0 Å². The molecule has 3 aromatic heterocycles. The zero-order chi connectivity index (χ0) is 18.7. The summed E-state index contributed by atoms with van der Waals surface area (Å²) in [6, 6.07) is 5.38. The largest absolute Gasteiger partial charge is 0.417 e. The number of pyridine rings is 2. The van der Waals surface area contributed by atoms with Gasteiger partial charge in [0, 0.05) is 30.1 Å². The molecule has 0 aliphatic carbocycles. The number of hydrogen-bond acceptors (Lipinski definition) is 6. The highest BCUT2D eigenvalue weighted by molar-refractivity contribution is 5.51. The molecule has 0 spiro atoms. The van der Waals surface area contributed by atoms with E-state index in [0.29, 0.717) is 5.56 Å². The first-order valence-corrected chi connectivity index (χ1v) is 7.14. The van der Waals surface area contributed by atoms with E-state index in [-0.39, 0.29) is 23.9 Å². The fourth-order valence-electron chi connectivity index (χ4n) is 2.11. The molecular weight excluding hydrogens is 360 g/mol. The van der Waals surface area contributed by atoms with Gasteiger partial charge in [0.1, 0.15) is 0 Å². The zero-order valence-corrected chi connectivity index (χ0v) is 12.9.